The predicted octanol–water partition coefficient (Wildman–Crippen LogP) is 1.53. The van der Waals surface area contributed by atoms with Crippen LogP contribution in [-0.4, -0.2) is 28.7 Å². The van der Waals surface area contributed by atoms with E-state index in [9.17, 15) is 0 Å². The van der Waals surface area contributed by atoms with E-state index in [2.05, 4.69) is 15.0 Å². The van der Waals surface area contributed by atoms with Gasteiger partial charge in [0, 0.05) is 17.8 Å². The Labute approximate surface area is 105 Å². The van der Waals surface area contributed by atoms with Crippen molar-refractivity contribution < 1.29 is 9.47 Å². The highest BCUT2D eigenvalue weighted by Gasteiger charge is 2.06. The Morgan fingerprint density at radius 1 is 1.22 bits per heavy atom. The number of pyridine rings is 1. The Kier molecular flexibility index (Phi) is 3.57. The second-order valence-corrected chi connectivity index (χ2v) is 3.50. The molecule has 0 aliphatic carbocycles. The van der Waals surface area contributed by atoms with Crippen molar-refractivity contribution in [1.82, 2.24) is 15.0 Å². The molecule has 0 radical (unpaired) electrons. The van der Waals surface area contributed by atoms with Crippen LogP contribution in [0.15, 0.2) is 24.5 Å². The first-order chi connectivity index (χ1) is 8.72. The molecule has 0 fully saturated rings. The Morgan fingerprint density at radius 2 is 2.06 bits per heavy atom. The molecule has 0 amide bonds. The maximum absolute atomic E-state index is 5.62. The van der Waals surface area contributed by atoms with Gasteiger partial charge in [0.1, 0.15) is 5.75 Å². The number of nitrogen functional groups attached to an aromatic ring is 1. The molecular formula is C12H14N4O2. The van der Waals surface area contributed by atoms with Crippen molar-refractivity contribution in [3.63, 3.8) is 0 Å². The topological polar surface area (TPSA) is 83.2 Å². The van der Waals surface area contributed by atoms with Crippen molar-refractivity contribution >= 4 is 5.95 Å². The summed E-state index contributed by atoms with van der Waals surface area (Å²) in [4.78, 5) is 12.2. The normalized spacial score (nSPS) is 10.1. The van der Waals surface area contributed by atoms with E-state index in [1.54, 1.807) is 18.5 Å². The third-order valence-corrected chi connectivity index (χ3v) is 2.25. The second kappa shape index (κ2) is 5.31. The third kappa shape index (κ3) is 2.65. The molecule has 0 saturated carbocycles. The molecule has 94 valence electrons. The molecular weight excluding hydrogens is 232 g/mol. The lowest BCUT2D eigenvalue weighted by Crippen LogP contribution is -1.99. The molecule has 0 spiro atoms. The molecule has 0 saturated heterocycles. The van der Waals surface area contributed by atoms with Crippen LogP contribution in [0, 0.1) is 0 Å². The summed E-state index contributed by atoms with van der Waals surface area (Å²) in [5, 5.41) is 0. The van der Waals surface area contributed by atoms with Gasteiger partial charge in [-0.2, -0.15) is 4.98 Å². The van der Waals surface area contributed by atoms with Crippen LogP contribution >= 0.6 is 0 Å². The molecule has 0 aliphatic rings. The number of hydrogen-bond acceptors (Lipinski definition) is 6. The van der Waals surface area contributed by atoms with E-state index in [0.29, 0.717) is 23.9 Å². The molecule has 18 heavy (non-hydrogen) atoms. The number of ether oxygens (including phenoxy) is 2. The van der Waals surface area contributed by atoms with Gasteiger partial charge in [-0.15, -0.1) is 0 Å². The van der Waals surface area contributed by atoms with Gasteiger partial charge in [-0.3, -0.25) is 4.98 Å². The summed E-state index contributed by atoms with van der Waals surface area (Å²) < 4.78 is 10.4. The molecule has 0 aromatic carbocycles. The van der Waals surface area contributed by atoms with Crippen LogP contribution in [0.25, 0.3) is 11.3 Å². The van der Waals surface area contributed by atoms with Crippen LogP contribution in [0.3, 0.4) is 0 Å². The van der Waals surface area contributed by atoms with Crippen molar-refractivity contribution in [1.29, 1.82) is 0 Å². The standard InChI is InChI=1S/C12H14N4O2/c1-3-18-9-4-8(6-14-7-9)10-5-11(17-2)16-12(13)15-10/h4-7H,3H2,1-2H3,(H2,13,15,16). The van der Waals surface area contributed by atoms with Crippen LogP contribution < -0.4 is 15.2 Å². The zero-order valence-electron chi connectivity index (χ0n) is 10.3. The minimum Gasteiger partial charge on any atom is -0.492 e. The molecule has 0 bridgehead atoms. The van der Waals surface area contributed by atoms with Gasteiger partial charge >= 0.3 is 0 Å². The molecule has 2 heterocycles. The Hall–Kier alpha value is -2.37. The van der Waals surface area contributed by atoms with E-state index in [1.165, 1.54) is 7.11 Å². The summed E-state index contributed by atoms with van der Waals surface area (Å²) in [6.07, 6.45) is 3.33. The van der Waals surface area contributed by atoms with E-state index in [1.807, 2.05) is 13.0 Å². The SMILES string of the molecule is CCOc1cncc(-c2cc(OC)nc(N)n2)c1. The molecule has 2 aromatic rings. The molecule has 0 aliphatic heterocycles. The summed E-state index contributed by atoms with van der Waals surface area (Å²) in [5.41, 5.74) is 7.06. The van der Waals surface area contributed by atoms with Gasteiger partial charge in [0.05, 0.1) is 25.6 Å². The van der Waals surface area contributed by atoms with Crippen molar-refractivity contribution in [2.75, 3.05) is 19.5 Å². The van der Waals surface area contributed by atoms with Gasteiger partial charge in [0.25, 0.3) is 0 Å². The molecule has 0 atom stereocenters. The quantitative estimate of drug-likeness (QED) is 0.880. The smallest absolute Gasteiger partial charge is 0.223 e. The fourth-order valence-corrected chi connectivity index (χ4v) is 1.50. The lowest BCUT2D eigenvalue weighted by molar-refractivity contribution is 0.339. The summed E-state index contributed by atoms with van der Waals surface area (Å²) in [6.45, 7) is 2.50. The highest BCUT2D eigenvalue weighted by atomic mass is 16.5. The number of methoxy groups -OCH3 is 1. The van der Waals surface area contributed by atoms with E-state index in [4.69, 9.17) is 15.2 Å². The van der Waals surface area contributed by atoms with Crippen molar-refractivity contribution in [2.24, 2.45) is 0 Å². The molecule has 2 N–H and O–H groups in total. The Balaban J connectivity index is 2.41. The Morgan fingerprint density at radius 3 is 2.78 bits per heavy atom. The number of rotatable bonds is 4. The third-order valence-electron chi connectivity index (χ3n) is 2.25. The molecule has 2 aromatic heterocycles. The minimum absolute atomic E-state index is 0.158. The number of aromatic nitrogens is 3. The van der Waals surface area contributed by atoms with E-state index in [-0.39, 0.29) is 5.95 Å². The van der Waals surface area contributed by atoms with Crippen molar-refractivity contribution in [3.8, 4) is 22.9 Å². The summed E-state index contributed by atoms with van der Waals surface area (Å²) >= 11 is 0. The zero-order chi connectivity index (χ0) is 13.0. The summed E-state index contributed by atoms with van der Waals surface area (Å²) in [5.74, 6) is 1.26. The number of hydrogen-bond donors (Lipinski definition) is 1. The van der Waals surface area contributed by atoms with Crippen molar-refractivity contribution in [3.05, 3.63) is 24.5 Å². The molecule has 0 unspecified atom stereocenters. The molecule has 6 heteroatoms. The average Bonchev–Trinajstić information content (AvgIpc) is 2.39. The average molecular weight is 246 g/mol. The monoisotopic (exact) mass is 246 g/mol. The van der Waals surface area contributed by atoms with Crippen LogP contribution in [-0.2, 0) is 0 Å². The maximum Gasteiger partial charge on any atom is 0.223 e. The van der Waals surface area contributed by atoms with Gasteiger partial charge in [-0.1, -0.05) is 0 Å². The van der Waals surface area contributed by atoms with Crippen molar-refractivity contribution in [2.45, 2.75) is 6.92 Å². The first-order valence-corrected chi connectivity index (χ1v) is 5.49. The number of nitrogens with zero attached hydrogens (tertiary/aromatic N) is 3. The van der Waals surface area contributed by atoms with Gasteiger partial charge in [-0.05, 0) is 13.0 Å². The van der Waals surface area contributed by atoms with Crippen LogP contribution in [0.4, 0.5) is 5.95 Å². The van der Waals surface area contributed by atoms with E-state index < -0.39 is 0 Å². The highest BCUT2D eigenvalue weighted by molar-refractivity contribution is 5.61. The highest BCUT2D eigenvalue weighted by Crippen LogP contribution is 2.24. The fourth-order valence-electron chi connectivity index (χ4n) is 1.50. The summed E-state index contributed by atoms with van der Waals surface area (Å²) in [6, 6.07) is 3.54. The molecule has 6 nitrogen and oxygen atoms in total. The largest absolute Gasteiger partial charge is 0.492 e. The van der Waals surface area contributed by atoms with Gasteiger partial charge < -0.3 is 15.2 Å². The lowest BCUT2D eigenvalue weighted by atomic mass is 10.2. The van der Waals surface area contributed by atoms with Crippen LogP contribution in [0.1, 0.15) is 6.92 Å². The Bertz CT molecular complexity index is 545. The van der Waals surface area contributed by atoms with E-state index in [0.717, 1.165) is 5.56 Å². The fraction of sp³-hybridized carbons (Fsp3) is 0.250. The van der Waals surface area contributed by atoms with Gasteiger partial charge in [0.15, 0.2) is 0 Å². The minimum atomic E-state index is 0.158. The first-order valence-electron chi connectivity index (χ1n) is 5.49. The van der Waals surface area contributed by atoms with Gasteiger partial charge in [0.2, 0.25) is 11.8 Å². The number of anilines is 1. The predicted molar refractivity (Wildman–Crippen MR) is 67.4 cm³/mol. The first kappa shape index (κ1) is 12.1. The molecule has 2 rings (SSSR count). The lowest BCUT2D eigenvalue weighted by Gasteiger charge is -2.07. The number of nitrogens with two attached hydrogens (primary N) is 1. The van der Waals surface area contributed by atoms with Gasteiger partial charge in [-0.25, -0.2) is 4.98 Å². The van der Waals surface area contributed by atoms with E-state index >= 15 is 0 Å². The van der Waals surface area contributed by atoms with Crippen LogP contribution in [0.5, 0.6) is 11.6 Å². The van der Waals surface area contributed by atoms with Crippen LogP contribution in [0.2, 0.25) is 0 Å². The summed E-state index contributed by atoms with van der Waals surface area (Å²) in [7, 11) is 1.53. The maximum atomic E-state index is 5.62. The zero-order valence-corrected chi connectivity index (χ0v) is 10.3. The second-order valence-electron chi connectivity index (χ2n) is 3.50.